The largest absolute Gasteiger partial charge is 0.485 e. The number of thiophene rings is 1. The summed E-state index contributed by atoms with van der Waals surface area (Å²) in [5, 5.41) is 2.90. The first kappa shape index (κ1) is 13.8. The zero-order valence-corrected chi connectivity index (χ0v) is 12.7. The van der Waals surface area contributed by atoms with Crippen LogP contribution in [-0.2, 0) is 6.61 Å². The Morgan fingerprint density at radius 3 is 2.90 bits per heavy atom. The topological polar surface area (TPSA) is 73.1 Å². The summed E-state index contributed by atoms with van der Waals surface area (Å²) < 4.78 is 5.84. The molecule has 3 N–H and O–H groups in total. The van der Waals surface area contributed by atoms with Crippen LogP contribution >= 0.6 is 11.3 Å². The minimum Gasteiger partial charge on any atom is -0.485 e. The number of ether oxygens (including phenoxy) is 1. The highest BCUT2D eigenvalue weighted by Gasteiger charge is 2.09. The maximum atomic E-state index is 5.84. The zero-order valence-electron chi connectivity index (χ0n) is 11.9. The third-order valence-electron chi connectivity index (χ3n) is 3.21. The summed E-state index contributed by atoms with van der Waals surface area (Å²) in [6, 6.07) is 8.07. The third-order valence-corrected chi connectivity index (χ3v) is 4.02. The zero-order chi connectivity index (χ0) is 14.8. The van der Waals surface area contributed by atoms with Gasteiger partial charge in [0.1, 0.15) is 17.2 Å². The molecule has 0 amide bonds. The van der Waals surface area contributed by atoms with Gasteiger partial charge in [-0.15, -0.1) is 11.3 Å². The summed E-state index contributed by atoms with van der Waals surface area (Å²) in [5.41, 5.74) is 4.87. The van der Waals surface area contributed by atoms with Gasteiger partial charge in [0.15, 0.2) is 11.6 Å². The van der Waals surface area contributed by atoms with Crippen molar-refractivity contribution in [3.63, 3.8) is 0 Å². The molecule has 0 bridgehead atoms. The fourth-order valence-electron chi connectivity index (χ4n) is 2.08. The average molecular weight is 300 g/mol. The Kier molecular flexibility index (Phi) is 3.72. The number of nitrogens with two attached hydrogens (primary N) is 1. The highest BCUT2D eigenvalue weighted by atomic mass is 32.1. The van der Waals surface area contributed by atoms with Gasteiger partial charge in [-0.25, -0.2) is 15.8 Å². The van der Waals surface area contributed by atoms with E-state index < -0.39 is 0 Å². The van der Waals surface area contributed by atoms with E-state index in [4.69, 9.17) is 10.6 Å². The molecule has 0 radical (unpaired) electrons. The number of benzene rings is 1. The van der Waals surface area contributed by atoms with Crippen molar-refractivity contribution >= 4 is 27.4 Å². The molecule has 2 heterocycles. The predicted molar refractivity (Wildman–Crippen MR) is 85.5 cm³/mol. The highest BCUT2D eigenvalue weighted by Crippen LogP contribution is 2.25. The van der Waals surface area contributed by atoms with Gasteiger partial charge >= 0.3 is 0 Å². The maximum absolute atomic E-state index is 5.84. The van der Waals surface area contributed by atoms with Gasteiger partial charge in [-0.3, -0.25) is 0 Å². The number of aromatic nitrogens is 2. The van der Waals surface area contributed by atoms with Gasteiger partial charge in [-0.1, -0.05) is 12.1 Å². The molecular weight excluding hydrogens is 284 g/mol. The van der Waals surface area contributed by atoms with Crippen LogP contribution in [0.3, 0.4) is 0 Å². The summed E-state index contributed by atoms with van der Waals surface area (Å²) >= 11 is 1.56. The molecule has 0 aliphatic heterocycles. The second kappa shape index (κ2) is 5.67. The van der Waals surface area contributed by atoms with E-state index in [0.29, 0.717) is 18.2 Å². The van der Waals surface area contributed by atoms with Gasteiger partial charge in [0.05, 0.1) is 5.39 Å². The first-order valence-electron chi connectivity index (χ1n) is 6.58. The molecule has 0 atom stereocenters. The first-order valence-corrected chi connectivity index (χ1v) is 7.46. The monoisotopic (exact) mass is 300 g/mol. The van der Waals surface area contributed by atoms with Crippen molar-refractivity contribution in [3.05, 3.63) is 46.6 Å². The Morgan fingerprint density at radius 2 is 2.10 bits per heavy atom. The summed E-state index contributed by atoms with van der Waals surface area (Å²) in [7, 11) is 0. The van der Waals surface area contributed by atoms with Gasteiger partial charge in [0.2, 0.25) is 0 Å². The molecule has 0 aliphatic carbocycles. The molecule has 0 saturated carbocycles. The molecular formula is C15H16N4OS. The van der Waals surface area contributed by atoms with Crippen LogP contribution in [0.2, 0.25) is 0 Å². The van der Waals surface area contributed by atoms with Crippen molar-refractivity contribution in [3.8, 4) is 5.75 Å². The van der Waals surface area contributed by atoms with Gasteiger partial charge in [-0.2, -0.15) is 0 Å². The van der Waals surface area contributed by atoms with Crippen LogP contribution in [0, 0.1) is 13.8 Å². The van der Waals surface area contributed by atoms with Crippen LogP contribution in [0.15, 0.2) is 29.6 Å². The Bertz CT molecular complexity index is 784. The predicted octanol–water partition coefficient (Wildman–Crippen LogP) is 3.17. The maximum Gasteiger partial charge on any atom is 0.169 e. The fraction of sp³-hybridized carbons (Fsp3) is 0.200. The molecule has 0 unspecified atom stereocenters. The van der Waals surface area contributed by atoms with E-state index in [0.717, 1.165) is 27.1 Å². The molecule has 2 aromatic heterocycles. The molecule has 3 aromatic rings. The number of fused-ring (bicyclic) bond motifs is 1. The van der Waals surface area contributed by atoms with E-state index in [1.807, 2.05) is 37.4 Å². The van der Waals surface area contributed by atoms with Crippen LogP contribution in [0.25, 0.3) is 10.2 Å². The number of hydrazine groups is 1. The second-order valence-corrected chi connectivity index (χ2v) is 5.72. The van der Waals surface area contributed by atoms with Gasteiger partial charge in [-0.05, 0) is 42.5 Å². The van der Waals surface area contributed by atoms with Crippen LogP contribution in [-0.4, -0.2) is 9.97 Å². The number of hydrogen-bond donors (Lipinski definition) is 2. The summed E-state index contributed by atoms with van der Waals surface area (Å²) in [6.07, 6.45) is 0. The number of rotatable bonds is 4. The smallest absolute Gasteiger partial charge is 0.169 e. The molecule has 0 fully saturated rings. The van der Waals surface area contributed by atoms with Crippen LogP contribution < -0.4 is 16.0 Å². The standard InChI is InChI=1S/C15H16N4OS/c1-9-3-4-10(2)12(7-9)20-8-13-17-14(19-16)11-5-6-21-15(11)18-13/h3-7H,8,16H2,1-2H3,(H,17,18,19). The number of nitrogen functional groups attached to an aromatic ring is 1. The van der Waals surface area contributed by atoms with Crippen molar-refractivity contribution in [1.29, 1.82) is 0 Å². The molecule has 1 aromatic carbocycles. The summed E-state index contributed by atoms with van der Waals surface area (Å²) in [5.74, 6) is 7.61. The van der Waals surface area contributed by atoms with Crippen molar-refractivity contribution < 1.29 is 4.74 Å². The molecule has 0 spiro atoms. The lowest BCUT2D eigenvalue weighted by Gasteiger charge is -2.10. The molecule has 5 nitrogen and oxygen atoms in total. The Balaban J connectivity index is 1.86. The van der Waals surface area contributed by atoms with E-state index in [2.05, 4.69) is 21.5 Å². The summed E-state index contributed by atoms with van der Waals surface area (Å²) in [4.78, 5) is 9.79. The molecule has 21 heavy (non-hydrogen) atoms. The molecule has 6 heteroatoms. The van der Waals surface area contributed by atoms with Crippen molar-refractivity contribution in [2.75, 3.05) is 5.43 Å². The molecule has 108 valence electrons. The Labute approximate surface area is 126 Å². The number of anilines is 1. The number of nitrogens with one attached hydrogen (secondary N) is 1. The van der Waals surface area contributed by atoms with Gasteiger partial charge in [0, 0.05) is 0 Å². The van der Waals surface area contributed by atoms with Crippen LogP contribution in [0.5, 0.6) is 5.75 Å². The minimum absolute atomic E-state index is 0.312. The van der Waals surface area contributed by atoms with E-state index in [-0.39, 0.29) is 0 Å². The van der Waals surface area contributed by atoms with Crippen LogP contribution in [0.1, 0.15) is 17.0 Å². The Morgan fingerprint density at radius 1 is 1.24 bits per heavy atom. The molecule has 0 saturated heterocycles. The van der Waals surface area contributed by atoms with Crippen molar-refractivity contribution in [2.45, 2.75) is 20.5 Å². The average Bonchev–Trinajstić information content (AvgIpc) is 2.95. The fourth-order valence-corrected chi connectivity index (χ4v) is 2.86. The highest BCUT2D eigenvalue weighted by molar-refractivity contribution is 7.16. The quantitative estimate of drug-likeness (QED) is 0.572. The first-order chi connectivity index (χ1) is 10.2. The van der Waals surface area contributed by atoms with Gasteiger partial charge in [0.25, 0.3) is 0 Å². The van der Waals surface area contributed by atoms with E-state index in [1.54, 1.807) is 11.3 Å². The second-order valence-electron chi connectivity index (χ2n) is 4.83. The minimum atomic E-state index is 0.312. The lowest BCUT2D eigenvalue weighted by molar-refractivity contribution is 0.294. The lowest BCUT2D eigenvalue weighted by Crippen LogP contribution is -2.11. The van der Waals surface area contributed by atoms with Crippen molar-refractivity contribution in [1.82, 2.24) is 9.97 Å². The number of hydrogen-bond acceptors (Lipinski definition) is 6. The van der Waals surface area contributed by atoms with E-state index in [1.165, 1.54) is 0 Å². The van der Waals surface area contributed by atoms with E-state index >= 15 is 0 Å². The summed E-state index contributed by atoms with van der Waals surface area (Å²) in [6.45, 7) is 4.37. The Hall–Kier alpha value is -2.18. The molecule has 0 aliphatic rings. The van der Waals surface area contributed by atoms with Gasteiger partial charge < -0.3 is 10.2 Å². The SMILES string of the molecule is Cc1ccc(C)c(OCc2nc(NN)c3ccsc3n2)c1. The van der Waals surface area contributed by atoms with Crippen molar-refractivity contribution in [2.24, 2.45) is 5.84 Å². The number of aryl methyl sites for hydroxylation is 2. The third kappa shape index (κ3) is 2.81. The number of nitrogens with zero attached hydrogens (tertiary/aromatic N) is 2. The van der Waals surface area contributed by atoms with Crippen LogP contribution in [0.4, 0.5) is 5.82 Å². The molecule has 3 rings (SSSR count). The normalized spacial score (nSPS) is 10.8. The lowest BCUT2D eigenvalue weighted by atomic mass is 10.1. The van der Waals surface area contributed by atoms with E-state index in [9.17, 15) is 0 Å².